The molecule has 0 radical (unpaired) electrons. The Morgan fingerprint density at radius 2 is 1.87 bits per heavy atom. The van der Waals surface area contributed by atoms with Crippen LogP contribution in [0.2, 0.25) is 0 Å². The number of ketones is 2. The SMILES string of the molecule is COc1ccc(-c2ccc(O)c3c2C[C@H]2C[C@H]4CC(O)C(C(N)=O)C(=O)[C@@]4(O)C(=O)C2=C3O)cc1CN(C)C. The summed E-state index contributed by atoms with van der Waals surface area (Å²) in [7, 11) is 5.48. The van der Waals surface area contributed by atoms with E-state index >= 15 is 0 Å². The van der Waals surface area contributed by atoms with Crippen LogP contribution < -0.4 is 10.5 Å². The molecule has 3 aliphatic carbocycles. The quantitative estimate of drug-likeness (QED) is 0.354. The first-order valence-corrected chi connectivity index (χ1v) is 12.8. The van der Waals surface area contributed by atoms with E-state index in [-0.39, 0.29) is 36.1 Å². The minimum atomic E-state index is -2.60. The normalized spacial score (nSPS) is 28.2. The molecule has 0 aromatic heterocycles. The number of ether oxygens (including phenoxy) is 1. The predicted molar refractivity (Wildman–Crippen MR) is 141 cm³/mol. The van der Waals surface area contributed by atoms with Crippen molar-refractivity contribution in [3.8, 4) is 22.6 Å². The number of hydrogen-bond acceptors (Lipinski definition) is 9. The van der Waals surface area contributed by atoms with Gasteiger partial charge in [-0.1, -0.05) is 12.1 Å². The van der Waals surface area contributed by atoms with E-state index in [1.165, 1.54) is 6.07 Å². The Bertz CT molecular complexity index is 1430. The zero-order chi connectivity index (χ0) is 28.4. The first-order valence-electron chi connectivity index (χ1n) is 12.8. The molecular weight excluding hydrogens is 504 g/mol. The van der Waals surface area contributed by atoms with Crippen LogP contribution >= 0.6 is 0 Å². The number of hydrogen-bond donors (Lipinski definition) is 5. The number of nitrogens with two attached hydrogens (primary N) is 1. The maximum absolute atomic E-state index is 13.7. The summed E-state index contributed by atoms with van der Waals surface area (Å²) in [6, 6.07) is 8.89. The highest BCUT2D eigenvalue weighted by Gasteiger charge is 2.63. The van der Waals surface area contributed by atoms with Crippen molar-refractivity contribution < 1.29 is 39.5 Å². The fraction of sp³-hybridized carbons (Fsp3) is 0.414. The number of carbonyl (C=O) groups excluding carboxylic acids is 3. The van der Waals surface area contributed by atoms with Crippen LogP contribution in [-0.4, -0.2) is 75.7 Å². The summed E-state index contributed by atoms with van der Waals surface area (Å²) in [6.45, 7) is 0.618. The molecule has 1 amide bonds. The van der Waals surface area contributed by atoms with Gasteiger partial charge in [-0.15, -0.1) is 0 Å². The third-order valence-electron chi connectivity index (χ3n) is 8.35. The molecule has 2 aromatic carbocycles. The van der Waals surface area contributed by atoms with Crippen LogP contribution in [0.3, 0.4) is 0 Å². The Kier molecular flexibility index (Phi) is 6.53. The summed E-state index contributed by atoms with van der Waals surface area (Å²) in [5.74, 6) is -6.60. The van der Waals surface area contributed by atoms with E-state index in [0.717, 1.165) is 22.4 Å². The number of Topliss-reactive ketones (excluding diaryl/α,β-unsaturated/α-hetero) is 2. The molecule has 0 heterocycles. The van der Waals surface area contributed by atoms with Crippen LogP contribution in [0.1, 0.15) is 29.5 Å². The number of nitrogens with zero attached hydrogens (tertiary/aromatic N) is 1. The third-order valence-corrected chi connectivity index (χ3v) is 8.35. The molecule has 5 rings (SSSR count). The van der Waals surface area contributed by atoms with E-state index in [4.69, 9.17) is 10.5 Å². The number of aliphatic hydroxyl groups excluding tert-OH is 2. The summed E-state index contributed by atoms with van der Waals surface area (Å²) in [4.78, 5) is 40.7. The number of aliphatic hydroxyl groups is 3. The van der Waals surface area contributed by atoms with Crippen molar-refractivity contribution >= 4 is 23.2 Å². The molecule has 2 unspecified atom stereocenters. The third kappa shape index (κ3) is 4.02. The molecule has 6 N–H and O–H groups in total. The second-order valence-electron chi connectivity index (χ2n) is 11.0. The lowest BCUT2D eigenvalue weighted by atomic mass is 9.56. The van der Waals surface area contributed by atoms with Gasteiger partial charge in [0.15, 0.2) is 11.4 Å². The molecule has 10 heteroatoms. The smallest absolute Gasteiger partial charge is 0.230 e. The number of rotatable bonds is 5. The standard InChI is InChI=1S/C29H32N2O8/c1-31(2)12-15-8-13(4-7-21(15)39-3)17-5-6-19(32)23-18(17)10-14-9-16-11-20(33)24(28(30)37)27(36)29(16,38)26(35)22(14)25(23)34/h4-8,14,16,20,24,32-34,38H,9-12H2,1-3H3,(H2,30,37)/t14-,16+,20?,24?,29+/m1/s1. The highest BCUT2D eigenvalue weighted by atomic mass is 16.5. The van der Waals surface area contributed by atoms with E-state index in [1.54, 1.807) is 13.2 Å². The highest BCUT2D eigenvalue weighted by Crippen LogP contribution is 2.52. The molecule has 0 saturated heterocycles. The van der Waals surface area contributed by atoms with Crippen molar-refractivity contribution in [2.75, 3.05) is 21.2 Å². The fourth-order valence-electron chi connectivity index (χ4n) is 6.61. The minimum absolute atomic E-state index is 0.0638. The number of carbonyl (C=O) groups is 3. The van der Waals surface area contributed by atoms with Gasteiger partial charge in [0.2, 0.25) is 11.7 Å². The number of fused-ring (bicyclic) bond motifs is 3. The minimum Gasteiger partial charge on any atom is -0.507 e. The Labute approximate surface area is 225 Å². The van der Waals surface area contributed by atoms with Gasteiger partial charge in [-0.25, -0.2) is 0 Å². The van der Waals surface area contributed by atoms with Gasteiger partial charge in [-0.05, 0) is 74.2 Å². The monoisotopic (exact) mass is 536 g/mol. The van der Waals surface area contributed by atoms with Gasteiger partial charge in [-0.2, -0.15) is 0 Å². The number of amides is 1. The number of phenols is 1. The fourth-order valence-corrected chi connectivity index (χ4v) is 6.61. The number of benzene rings is 2. The van der Waals surface area contributed by atoms with Crippen molar-refractivity contribution in [1.29, 1.82) is 0 Å². The highest BCUT2D eigenvalue weighted by molar-refractivity contribution is 6.24. The van der Waals surface area contributed by atoms with Crippen LogP contribution in [0.25, 0.3) is 16.9 Å². The van der Waals surface area contributed by atoms with Crippen LogP contribution in [-0.2, 0) is 27.3 Å². The van der Waals surface area contributed by atoms with Crippen molar-refractivity contribution in [2.45, 2.75) is 37.5 Å². The zero-order valence-corrected chi connectivity index (χ0v) is 22.0. The van der Waals surface area contributed by atoms with E-state index in [0.29, 0.717) is 12.1 Å². The Morgan fingerprint density at radius 1 is 1.15 bits per heavy atom. The molecule has 10 nitrogen and oxygen atoms in total. The number of methoxy groups -OCH3 is 1. The lowest BCUT2D eigenvalue weighted by Gasteiger charge is -2.48. The number of primary amides is 1. The molecule has 0 aliphatic heterocycles. The predicted octanol–water partition coefficient (Wildman–Crippen LogP) is 1.33. The van der Waals surface area contributed by atoms with E-state index in [2.05, 4.69) is 0 Å². The lowest BCUT2D eigenvalue weighted by Crippen LogP contribution is -2.66. The summed E-state index contributed by atoms with van der Waals surface area (Å²) >= 11 is 0. The zero-order valence-electron chi connectivity index (χ0n) is 22.0. The topological polar surface area (TPSA) is 171 Å². The van der Waals surface area contributed by atoms with E-state index < -0.39 is 52.7 Å². The Balaban J connectivity index is 1.64. The first kappa shape index (κ1) is 26.9. The van der Waals surface area contributed by atoms with Gasteiger partial charge in [-0.3, -0.25) is 14.4 Å². The van der Waals surface area contributed by atoms with Crippen molar-refractivity contribution in [3.63, 3.8) is 0 Å². The summed E-state index contributed by atoms with van der Waals surface area (Å²) < 4.78 is 5.52. The Hall–Kier alpha value is -3.73. The van der Waals surface area contributed by atoms with Gasteiger partial charge in [0.05, 0.1) is 18.8 Å². The molecule has 0 spiro atoms. The molecule has 3 aliphatic rings. The molecule has 2 aromatic rings. The largest absolute Gasteiger partial charge is 0.507 e. The van der Waals surface area contributed by atoms with Crippen LogP contribution in [0.5, 0.6) is 11.5 Å². The van der Waals surface area contributed by atoms with Gasteiger partial charge < -0.3 is 35.8 Å². The number of phenolic OH excluding ortho intramolecular Hbond substituents is 1. The van der Waals surface area contributed by atoms with Gasteiger partial charge in [0.25, 0.3) is 0 Å². The first-order chi connectivity index (χ1) is 18.4. The molecule has 0 bridgehead atoms. The maximum Gasteiger partial charge on any atom is 0.230 e. The lowest BCUT2D eigenvalue weighted by molar-refractivity contribution is -0.174. The molecule has 5 atom stereocenters. The molecule has 206 valence electrons. The maximum atomic E-state index is 13.7. The average molecular weight is 537 g/mol. The van der Waals surface area contributed by atoms with Gasteiger partial charge >= 0.3 is 0 Å². The average Bonchev–Trinajstić information content (AvgIpc) is 2.85. The molecule has 2 fully saturated rings. The van der Waals surface area contributed by atoms with Crippen LogP contribution in [0, 0.1) is 17.8 Å². The summed E-state index contributed by atoms with van der Waals surface area (Å²) in [6.07, 6.45) is -1.23. The molecular formula is C29H32N2O8. The Morgan fingerprint density at radius 3 is 2.51 bits per heavy atom. The second kappa shape index (κ2) is 9.48. The van der Waals surface area contributed by atoms with Crippen molar-refractivity contribution in [3.05, 3.63) is 52.6 Å². The second-order valence-corrected chi connectivity index (χ2v) is 11.0. The molecule has 39 heavy (non-hydrogen) atoms. The molecule has 2 saturated carbocycles. The van der Waals surface area contributed by atoms with Gasteiger partial charge in [0.1, 0.15) is 23.2 Å². The summed E-state index contributed by atoms with van der Waals surface area (Å²) in [5, 5.41) is 44.0. The van der Waals surface area contributed by atoms with Gasteiger partial charge in [0, 0.05) is 23.6 Å². The van der Waals surface area contributed by atoms with Crippen molar-refractivity contribution in [2.24, 2.45) is 23.5 Å². The summed E-state index contributed by atoms with van der Waals surface area (Å²) in [5.41, 5.74) is 5.74. The number of aromatic hydroxyl groups is 1. The van der Waals surface area contributed by atoms with E-state index in [1.807, 2.05) is 37.2 Å². The van der Waals surface area contributed by atoms with Crippen molar-refractivity contribution in [1.82, 2.24) is 4.90 Å². The van der Waals surface area contributed by atoms with Crippen LogP contribution in [0.4, 0.5) is 0 Å². The van der Waals surface area contributed by atoms with E-state index in [9.17, 15) is 34.8 Å². The van der Waals surface area contributed by atoms with Crippen LogP contribution in [0.15, 0.2) is 35.9 Å².